The number of nitriles is 1. The van der Waals surface area contributed by atoms with Crippen molar-refractivity contribution in [3.63, 3.8) is 0 Å². The predicted molar refractivity (Wildman–Crippen MR) is 109 cm³/mol. The number of hydrogen-bond donors (Lipinski definition) is 2. The fourth-order valence-corrected chi connectivity index (χ4v) is 3.12. The van der Waals surface area contributed by atoms with Gasteiger partial charge in [-0.15, -0.1) is 0 Å². The minimum atomic E-state index is -0.439. The summed E-state index contributed by atoms with van der Waals surface area (Å²) in [5.74, 6) is -0.129. The van der Waals surface area contributed by atoms with E-state index in [1.807, 2.05) is 35.2 Å². The van der Waals surface area contributed by atoms with Gasteiger partial charge in [-0.25, -0.2) is 0 Å². The van der Waals surface area contributed by atoms with E-state index in [9.17, 15) is 10.1 Å². The number of rotatable bonds is 6. The largest absolute Gasteiger partial charge is 0.465 e. The summed E-state index contributed by atoms with van der Waals surface area (Å²) >= 11 is 11.3. The van der Waals surface area contributed by atoms with Crippen molar-refractivity contribution in [1.82, 2.24) is 10.2 Å². The van der Waals surface area contributed by atoms with Crippen molar-refractivity contribution in [1.29, 1.82) is 5.26 Å². The third-order valence-electron chi connectivity index (χ3n) is 4.09. The van der Waals surface area contributed by atoms with Gasteiger partial charge in [-0.05, 0) is 25.1 Å². The molecule has 9 heteroatoms. The Morgan fingerprint density at radius 1 is 1.41 bits per heavy atom. The number of carbonyl (C=O) groups is 1. The van der Waals surface area contributed by atoms with Crippen LogP contribution < -0.4 is 16.0 Å². The summed E-state index contributed by atoms with van der Waals surface area (Å²) in [6.45, 7) is 4.67. The maximum absolute atomic E-state index is 11.4. The molecule has 3 N–H and O–H groups in total. The molecule has 0 radical (unpaired) electrons. The van der Waals surface area contributed by atoms with Gasteiger partial charge in [0.05, 0.1) is 6.61 Å². The fraction of sp³-hybridized carbons (Fsp3) is 0.389. The van der Waals surface area contributed by atoms with E-state index in [0.29, 0.717) is 23.9 Å². The van der Waals surface area contributed by atoms with Crippen LogP contribution in [-0.2, 0) is 9.53 Å². The van der Waals surface area contributed by atoms with Crippen LogP contribution in [0.15, 0.2) is 35.7 Å². The zero-order valence-corrected chi connectivity index (χ0v) is 16.6. The lowest BCUT2D eigenvalue weighted by atomic mass is 10.2. The van der Waals surface area contributed by atoms with Gasteiger partial charge in [0.15, 0.2) is 0 Å². The van der Waals surface area contributed by atoms with E-state index in [1.165, 1.54) is 0 Å². The minimum Gasteiger partial charge on any atom is -0.465 e. The molecule has 0 aromatic heterocycles. The third kappa shape index (κ3) is 5.74. The Kier molecular flexibility index (Phi) is 7.70. The third-order valence-corrected chi connectivity index (χ3v) is 4.67. The van der Waals surface area contributed by atoms with Crippen LogP contribution in [0, 0.1) is 11.3 Å². The number of anilines is 1. The summed E-state index contributed by atoms with van der Waals surface area (Å²) in [4.78, 5) is 15.7. The van der Waals surface area contributed by atoms with E-state index < -0.39 is 5.97 Å². The highest BCUT2D eigenvalue weighted by Crippen LogP contribution is 2.21. The summed E-state index contributed by atoms with van der Waals surface area (Å²) in [6, 6.07) is 9.72. The molecule has 0 bridgehead atoms. The molecule has 1 aromatic carbocycles. The lowest BCUT2D eigenvalue weighted by Crippen LogP contribution is -2.48. The first-order valence-corrected chi connectivity index (χ1v) is 9.34. The Morgan fingerprint density at radius 2 is 2.11 bits per heavy atom. The lowest BCUT2D eigenvalue weighted by Gasteiger charge is -2.37. The molecule has 1 saturated heterocycles. The van der Waals surface area contributed by atoms with Crippen molar-refractivity contribution in [3.8, 4) is 6.07 Å². The van der Waals surface area contributed by atoms with Crippen LogP contribution in [0.1, 0.15) is 6.92 Å². The van der Waals surface area contributed by atoms with Crippen molar-refractivity contribution in [2.45, 2.75) is 6.92 Å². The highest BCUT2D eigenvalue weighted by Gasteiger charge is 2.22. The zero-order chi connectivity index (χ0) is 19.8. The maximum Gasteiger partial charge on any atom is 0.325 e. The van der Waals surface area contributed by atoms with Gasteiger partial charge in [-0.3, -0.25) is 4.79 Å². The molecule has 1 aromatic rings. The number of nitrogens with zero attached hydrogens (tertiary/aromatic N) is 3. The van der Waals surface area contributed by atoms with Crippen molar-refractivity contribution in [3.05, 3.63) is 40.7 Å². The monoisotopic (exact) mass is 407 g/mol. The van der Waals surface area contributed by atoms with E-state index in [2.05, 4.69) is 10.2 Å². The Hall–Kier alpha value is -2.50. The first kappa shape index (κ1) is 20.8. The number of nitrogens with two attached hydrogens (primary N) is 1. The topological polar surface area (TPSA) is 94.6 Å². The lowest BCUT2D eigenvalue weighted by molar-refractivity contribution is -0.141. The number of piperazine rings is 1. The van der Waals surface area contributed by atoms with E-state index in [4.69, 9.17) is 34.3 Å². The first-order chi connectivity index (χ1) is 13.0. The van der Waals surface area contributed by atoms with Crippen LogP contribution in [0.2, 0.25) is 5.02 Å². The van der Waals surface area contributed by atoms with Gasteiger partial charge in [0.2, 0.25) is 0 Å². The second-order valence-corrected chi connectivity index (χ2v) is 6.66. The van der Waals surface area contributed by atoms with Gasteiger partial charge in [-0.2, -0.15) is 5.26 Å². The molecule has 1 fully saturated rings. The first-order valence-electron chi connectivity index (χ1n) is 8.55. The van der Waals surface area contributed by atoms with Crippen molar-refractivity contribution < 1.29 is 9.53 Å². The summed E-state index contributed by atoms with van der Waals surface area (Å²) in [5.41, 5.74) is 7.39. The number of nitrogens with one attached hydrogen (secondary N) is 1. The van der Waals surface area contributed by atoms with Gasteiger partial charge in [0.25, 0.3) is 0 Å². The number of esters is 1. The predicted octanol–water partition coefficient (Wildman–Crippen LogP) is 1.64. The molecular formula is C18H22ClN5O2S. The summed E-state index contributed by atoms with van der Waals surface area (Å²) in [6.07, 6.45) is 0. The average molecular weight is 408 g/mol. The van der Waals surface area contributed by atoms with E-state index in [0.717, 1.165) is 18.8 Å². The SMILES string of the molecule is CCOC(=O)CNC(=S)C(C#N)=C(N)N1CCN(c2cccc(Cl)c2)CC1. The number of thiocarbonyl (C=S) groups is 1. The molecule has 2 rings (SSSR count). The van der Waals surface area contributed by atoms with Crippen LogP contribution in [0.4, 0.5) is 5.69 Å². The second-order valence-electron chi connectivity index (χ2n) is 5.81. The second kappa shape index (κ2) is 10.00. The summed E-state index contributed by atoms with van der Waals surface area (Å²) in [5, 5.41) is 12.9. The highest BCUT2D eigenvalue weighted by molar-refractivity contribution is 7.80. The molecule has 0 unspecified atom stereocenters. The van der Waals surface area contributed by atoms with Crippen molar-refractivity contribution in [2.24, 2.45) is 5.73 Å². The summed E-state index contributed by atoms with van der Waals surface area (Å²) < 4.78 is 4.83. The van der Waals surface area contributed by atoms with E-state index >= 15 is 0 Å². The molecule has 0 saturated carbocycles. The molecule has 1 aliphatic heterocycles. The van der Waals surface area contributed by atoms with Gasteiger partial charge in [0, 0.05) is 36.9 Å². The molecule has 0 spiro atoms. The standard InChI is InChI=1S/C18H22ClN5O2S/c1-2-26-16(25)12-22-18(27)15(11-20)17(21)24-8-6-23(7-9-24)14-5-3-4-13(19)10-14/h3-5,10H,2,6-9,12,21H2,1H3,(H,22,27). The van der Waals surface area contributed by atoms with Gasteiger partial charge in [-0.1, -0.05) is 29.9 Å². The molecule has 7 nitrogen and oxygen atoms in total. The Morgan fingerprint density at radius 3 is 2.70 bits per heavy atom. The van der Waals surface area contributed by atoms with Gasteiger partial charge in [0.1, 0.15) is 29.0 Å². The molecule has 1 heterocycles. The average Bonchev–Trinajstić information content (AvgIpc) is 2.67. The van der Waals surface area contributed by atoms with Crippen LogP contribution in [0.25, 0.3) is 0 Å². The molecular weight excluding hydrogens is 386 g/mol. The Balaban J connectivity index is 1.98. The van der Waals surface area contributed by atoms with E-state index in [-0.39, 0.29) is 23.7 Å². The van der Waals surface area contributed by atoms with Crippen LogP contribution in [-0.4, -0.2) is 55.2 Å². The number of halogens is 1. The van der Waals surface area contributed by atoms with Gasteiger partial charge < -0.3 is 25.6 Å². The fourth-order valence-electron chi connectivity index (χ4n) is 2.71. The number of hydrogen-bond acceptors (Lipinski definition) is 7. The number of ether oxygens (including phenoxy) is 1. The molecule has 1 aliphatic rings. The number of carbonyl (C=O) groups excluding carboxylic acids is 1. The summed E-state index contributed by atoms with van der Waals surface area (Å²) in [7, 11) is 0. The molecule has 144 valence electrons. The van der Waals surface area contributed by atoms with Crippen LogP contribution in [0.3, 0.4) is 0 Å². The van der Waals surface area contributed by atoms with Crippen LogP contribution in [0.5, 0.6) is 0 Å². The molecule has 0 atom stereocenters. The zero-order valence-electron chi connectivity index (χ0n) is 15.1. The quantitative estimate of drug-likeness (QED) is 0.318. The van der Waals surface area contributed by atoms with Crippen molar-refractivity contribution in [2.75, 3.05) is 44.2 Å². The van der Waals surface area contributed by atoms with Crippen molar-refractivity contribution >= 4 is 40.5 Å². The number of benzene rings is 1. The molecule has 27 heavy (non-hydrogen) atoms. The van der Waals surface area contributed by atoms with E-state index in [1.54, 1.807) is 6.92 Å². The maximum atomic E-state index is 11.4. The van der Waals surface area contributed by atoms with Gasteiger partial charge >= 0.3 is 5.97 Å². The minimum absolute atomic E-state index is 0.103. The Bertz CT molecular complexity index is 769. The van der Waals surface area contributed by atoms with Crippen LogP contribution >= 0.6 is 23.8 Å². The molecule has 0 aliphatic carbocycles. The molecule has 0 amide bonds. The highest BCUT2D eigenvalue weighted by atomic mass is 35.5. The Labute approximate surface area is 169 Å². The normalized spacial score (nSPS) is 14.9. The smallest absolute Gasteiger partial charge is 0.325 e.